The molecule has 0 unspecified atom stereocenters. The number of rotatable bonds is 3. The molecule has 8 heteroatoms. The minimum Gasteiger partial charge on any atom is -0.477 e. The van der Waals surface area contributed by atoms with Gasteiger partial charge in [0.15, 0.2) is 11.3 Å². The van der Waals surface area contributed by atoms with Crippen LogP contribution in [0.1, 0.15) is 26.5 Å². The second kappa shape index (κ2) is 4.19. The van der Waals surface area contributed by atoms with E-state index in [-0.39, 0.29) is 22.5 Å². The van der Waals surface area contributed by atoms with Crippen LogP contribution in [0.25, 0.3) is 11.1 Å². The van der Waals surface area contributed by atoms with E-state index in [2.05, 4.69) is 15.0 Å². The largest absolute Gasteiger partial charge is 0.477 e. The van der Waals surface area contributed by atoms with Crippen molar-refractivity contribution < 1.29 is 19.1 Å². The fourth-order valence-corrected chi connectivity index (χ4v) is 1.85. The van der Waals surface area contributed by atoms with Crippen molar-refractivity contribution in [1.82, 2.24) is 15.0 Å². The number of benzene rings is 1. The van der Waals surface area contributed by atoms with E-state index in [0.29, 0.717) is 5.52 Å². The molecule has 3 aromatic rings. The molecule has 0 saturated heterocycles. The number of fused-ring (bicyclic) bond motifs is 1. The van der Waals surface area contributed by atoms with Gasteiger partial charge in [0, 0.05) is 5.56 Å². The van der Waals surface area contributed by atoms with Gasteiger partial charge in [-0.1, -0.05) is 0 Å². The van der Waals surface area contributed by atoms with E-state index in [1.165, 1.54) is 18.2 Å². The van der Waals surface area contributed by atoms with Crippen LogP contribution < -0.4 is 5.76 Å². The molecular formula is C12H7N3O5. The number of oxazole rings is 1. The molecule has 20 heavy (non-hydrogen) atoms. The summed E-state index contributed by atoms with van der Waals surface area (Å²) < 4.78 is 4.85. The highest BCUT2D eigenvalue weighted by Gasteiger charge is 2.21. The molecule has 0 atom stereocenters. The van der Waals surface area contributed by atoms with Crippen LogP contribution in [-0.4, -0.2) is 31.8 Å². The van der Waals surface area contributed by atoms with Crippen molar-refractivity contribution in [2.75, 3.05) is 0 Å². The zero-order valence-electron chi connectivity index (χ0n) is 9.84. The van der Waals surface area contributed by atoms with Crippen LogP contribution in [0, 0.1) is 0 Å². The van der Waals surface area contributed by atoms with Gasteiger partial charge in [0.1, 0.15) is 5.69 Å². The number of aromatic amines is 2. The van der Waals surface area contributed by atoms with Crippen LogP contribution >= 0.6 is 0 Å². The number of aromatic nitrogens is 3. The van der Waals surface area contributed by atoms with Crippen LogP contribution in [0.5, 0.6) is 0 Å². The summed E-state index contributed by atoms with van der Waals surface area (Å²) in [6, 6.07) is 4.31. The van der Waals surface area contributed by atoms with E-state index in [1.54, 1.807) is 0 Å². The maximum absolute atomic E-state index is 12.2. The first-order chi connectivity index (χ1) is 9.56. The van der Waals surface area contributed by atoms with E-state index in [4.69, 9.17) is 9.52 Å². The molecule has 0 aliphatic rings. The van der Waals surface area contributed by atoms with Gasteiger partial charge < -0.3 is 14.5 Å². The molecule has 0 bridgehead atoms. The second-order valence-corrected chi connectivity index (χ2v) is 3.99. The van der Waals surface area contributed by atoms with Gasteiger partial charge in [-0.3, -0.25) is 9.78 Å². The molecule has 0 spiro atoms. The number of aromatic carboxylic acids is 1. The summed E-state index contributed by atoms with van der Waals surface area (Å²) in [5.41, 5.74) is 0.357. The van der Waals surface area contributed by atoms with Crippen LogP contribution in [0.3, 0.4) is 0 Å². The van der Waals surface area contributed by atoms with E-state index in [9.17, 15) is 14.4 Å². The zero-order chi connectivity index (χ0) is 14.3. The first-order valence-electron chi connectivity index (χ1n) is 5.50. The van der Waals surface area contributed by atoms with Crippen molar-refractivity contribution in [3.05, 3.63) is 52.0 Å². The number of hydrogen-bond acceptors (Lipinski definition) is 5. The highest BCUT2D eigenvalue weighted by atomic mass is 16.4. The Morgan fingerprint density at radius 1 is 1.30 bits per heavy atom. The summed E-state index contributed by atoms with van der Waals surface area (Å²) in [7, 11) is 0. The lowest BCUT2D eigenvalue weighted by Gasteiger charge is -1.99. The van der Waals surface area contributed by atoms with Crippen LogP contribution in [-0.2, 0) is 0 Å². The number of carboxylic acids is 1. The van der Waals surface area contributed by atoms with E-state index in [1.807, 2.05) is 0 Å². The smallest absolute Gasteiger partial charge is 0.417 e. The Kier molecular flexibility index (Phi) is 2.50. The summed E-state index contributed by atoms with van der Waals surface area (Å²) in [6.07, 6.45) is 1.13. The molecule has 0 aliphatic heterocycles. The normalized spacial score (nSPS) is 10.8. The van der Waals surface area contributed by atoms with Gasteiger partial charge in [-0.15, -0.1) is 0 Å². The third kappa shape index (κ3) is 1.79. The van der Waals surface area contributed by atoms with E-state index in [0.717, 1.165) is 6.33 Å². The van der Waals surface area contributed by atoms with E-state index < -0.39 is 17.5 Å². The van der Waals surface area contributed by atoms with Crippen LogP contribution in [0.4, 0.5) is 0 Å². The van der Waals surface area contributed by atoms with Crippen molar-refractivity contribution in [2.45, 2.75) is 0 Å². The number of ketones is 1. The Hall–Kier alpha value is -3.16. The Labute approximate surface area is 110 Å². The molecule has 3 rings (SSSR count). The van der Waals surface area contributed by atoms with Gasteiger partial charge >= 0.3 is 11.7 Å². The second-order valence-electron chi connectivity index (χ2n) is 3.99. The van der Waals surface area contributed by atoms with Gasteiger partial charge in [0.2, 0.25) is 5.78 Å². The number of carbonyl (C=O) groups excluding carboxylic acids is 1. The Bertz CT molecular complexity index is 886. The minimum atomic E-state index is -1.28. The molecule has 0 fully saturated rings. The highest BCUT2D eigenvalue weighted by molar-refractivity contribution is 6.13. The third-order valence-electron chi connectivity index (χ3n) is 2.75. The minimum absolute atomic E-state index is 0.176. The number of nitrogens with zero attached hydrogens (tertiary/aromatic N) is 1. The van der Waals surface area contributed by atoms with Gasteiger partial charge in [-0.25, -0.2) is 14.6 Å². The van der Waals surface area contributed by atoms with Crippen molar-refractivity contribution in [2.24, 2.45) is 0 Å². The summed E-state index contributed by atoms with van der Waals surface area (Å²) in [4.78, 5) is 42.7. The predicted molar refractivity (Wildman–Crippen MR) is 65.8 cm³/mol. The Balaban J connectivity index is 2.10. The van der Waals surface area contributed by atoms with Crippen molar-refractivity contribution in [3.63, 3.8) is 0 Å². The molecule has 8 nitrogen and oxygen atoms in total. The summed E-state index contributed by atoms with van der Waals surface area (Å²) >= 11 is 0. The average molecular weight is 273 g/mol. The molecule has 2 heterocycles. The van der Waals surface area contributed by atoms with Gasteiger partial charge in [0.05, 0.1) is 11.8 Å². The lowest BCUT2D eigenvalue weighted by Crippen LogP contribution is -2.09. The number of H-pyrrole nitrogens is 2. The predicted octanol–water partition coefficient (Wildman–Crippen LogP) is 0.773. The molecule has 0 amide bonds. The molecule has 100 valence electrons. The zero-order valence-corrected chi connectivity index (χ0v) is 9.84. The van der Waals surface area contributed by atoms with Gasteiger partial charge in [-0.05, 0) is 18.2 Å². The van der Waals surface area contributed by atoms with Crippen molar-refractivity contribution in [1.29, 1.82) is 0 Å². The van der Waals surface area contributed by atoms with Crippen molar-refractivity contribution in [3.8, 4) is 0 Å². The van der Waals surface area contributed by atoms with Gasteiger partial charge in [0.25, 0.3) is 0 Å². The molecule has 0 aliphatic carbocycles. The molecule has 1 aromatic carbocycles. The molecule has 3 N–H and O–H groups in total. The molecule has 2 aromatic heterocycles. The number of imidazole rings is 1. The number of hydrogen-bond donors (Lipinski definition) is 3. The topological polar surface area (TPSA) is 129 Å². The number of carbonyl (C=O) groups is 2. The van der Waals surface area contributed by atoms with Crippen LogP contribution in [0.2, 0.25) is 0 Å². The Morgan fingerprint density at radius 3 is 2.85 bits per heavy atom. The maximum Gasteiger partial charge on any atom is 0.417 e. The average Bonchev–Trinajstić information content (AvgIpc) is 3.01. The van der Waals surface area contributed by atoms with Crippen LogP contribution in [0.15, 0.2) is 33.7 Å². The number of nitrogens with one attached hydrogen (secondary N) is 2. The molecule has 0 saturated carbocycles. The fourth-order valence-electron chi connectivity index (χ4n) is 1.85. The maximum atomic E-state index is 12.2. The molecule has 0 radical (unpaired) electrons. The standard InChI is InChI=1S/C12H7N3O5/c16-10(8-9(11(17)18)14-4-13-8)5-1-2-6-7(3-5)20-12(19)15-6/h1-4H,(H,13,14)(H,15,19)(H,17,18). The molecular weight excluding hydrogens is 266 g/mol. The summed E-state index contributed by atoms with van der Waals surface area (Å²) in [5.74, 6) is -2.48. The third-order valence-corrected chi connectivity index (χ3v) is 2.75. The monoisotopic (exact) mass is 273 g/mol. The number of carboxylic acid groups (broad SMARTS) is 1. The SMILES string of the molecule is O=C(c1ccc2[nH]c(=O)oc2c1)c1nc[nH]c1C(=O)O. The van der Waals surface area contributed by atoms with E-state index >= 15 is 0 Å². The summed E-state index contributed by atoms with van der Waals surface area (Å²) in [5, 5.41) is 8.94. The lowest BCUT2D eigenvalue weighted by molar-refractivity contribution is 0.0687. The fraction of sp³-hybridized carbons (Fsp3) is 0. The highest BCUT2D eigenvalue weighted by Crippen LogP contribution is 2.16. The quantitative estimate of drug-likeness (QED) is 0.604. The first kappa shape index (κ1) is 11.9. The lowest BCUT2D eigenvalue weighted by atomic mass is 10.1. The van der Waals surface area contributed by atoms with Gasteiger partial charge in [-0.2, -0.15) is 0 Å². The first-order valence-corrected chi connectivity index (χ1v) is 5.50. The van der Waals surface area contributed by atoms with Crippen molar-refractivity contribution >= 4 is 22.9 Å². The Morgan fingerprint density at radius 2 is 2.10 bits per heavy atom. The summed E-state index contributed by atoms with van der Waals surface area (Å²) in [6.45, 7) is 0.